The lowest BCUT2D eigenvalue weighted by Crippen LogP contribution is -2.36. The number of aromatic nitrogens is 6. The van der Waals surface area contributed by atoms with Crippen LogP contribution in [0.5, 0.6) is 0 Å². The molecule has 1 aliphatic rings. The van der Waals surface area contributed by atoms with Crippen LogP contribution in [0.15, 0.2) is 69.4 Å². The van der Waals surface area contributed by atoms with Crippen LogP contribution >= 0.6 is 11.8 Å². The summed E-state index contributed by atoms with van der Waals surface area (Å²) in [5, 5.41) is 12.6. The van der Waals surface area contributed by atoms with Crippen molar-refractivity contribution in [3.05, 3.63) is 82.6 Å². The zero-order chi connectivity index (χ0) is 21.3. The molecule has 3 heterocycles. The highest BCUT2D eigenvalue weighted by Crippen LogP contribution is 2.41. The van der Waals surface area contributed by atoms with Gasteiger partial charge in [-0.05, 0) is 61.7 Å². The van der Waals surface area contributed by atoms with E-state index in [1.54, 1.807) is 25.0 Å². The lowest BCUT2D eigenvalue weighted by atomic mass is 9.73. The van der Waals surface area contributed by atoms with Crippen LogP contribution in [0.3, 0.4) is 0 Å². The van der Waals surface area contributed by atoms with Crippen LogP contribution in [0, 0.1) is 6.92 Å². The van der Waals surface area contributed by atoms with Crippen molar-refractivity contribution in [3.63, 3.8) is 0 Å². The minimum atomic E-state index is -0.236. The Morgan fingerprint density at radius 1 is 1.10 bits per heavy atom. The average molecular weight is 435 g/mol. The minimum Gasteiger partial charge on any atom is -0.381 e. The van der Waals surface area contributed by atoms with Gasteiger partial charge < -0.3 is 9.72 Å². The van der Waals surface area contributed by atoms with Crippen LogP contribution in [0.1, 0.15) is 30.1 Å². The van der Waals surface area contributed by atoms with Crippen LogP contribution in [0.25, 0.3) is 5.69 Å². The molecule has 2 aromatic heterocycles. The fourth-order valence-electron chi connectivity index (χ4n) is 4.07. The molecular formula is C22H22N6O2S. The number of rotatable bonds is 5. The second-order valence-electron chi connectivity index (χ2n) is 7.58. The Balaban J connectivity index is 1.42. The van der Waals surface area contributed by atoms with E-state index in [-0.39, 0.29) is 11.1 Å². The standard InChI is InChI=1S/C22H22N6O2S/c1-15-25-21(29)28(27-15)17-5-7-18(8-6-17)31-19-4-2-3-16(13-19)22(9-11-30-12-10-22)20-23-14-24-26-20/h2-8,13-14H,9-12H2,1H3,(H,23,24,26)(H,25,27,29). The number of benzene rings is 2. The molecule has 0 spiro atoms. The molecule has 8 nitrogen and oxygen atoms in total. The molecule has 1 aliphatic heterocycles. The van der Waals surface area contributed by atoms with Gasteiger partial charge in [-0.2, -0.15) is 9.78 Å². The first kappa shape index (κ1) is 19.8. The Morgan fingerprint density at radius 2 is 1.90 bits per heavy atom. The molecule has 0 radical (unpaired) electrons. The van der Waals surface area contributed by atoms with Crippen molar-refractivity contribution in [2.45, 2.75) is 35.0 Å². The molecule has 0 atom stereocenters. The highest BCUT2D eigenvalue weighted by Gasteiger charge is 2.39. The summed E-state index contributed by atoms with van der Waals surface area (Å²) in [6, 6.07) is 16.4. The summed E-state index contributed by atoms with van der Waals surface area (Å²) >= 11 is 1.68. The first-order valence-corrected chi connectivity index (χ1v) is 10.9. The summed E-state index contributed by atoms with van der Waals surface area (Å²) in [6.07, 6.45) is 3.37. The Kier molecular flexibility index (Phi) is 5.21. The van der Waals surface area contributed by atoms with Crippen molar-refractivity contribution in [1.29, 1.82) is 0 Å². The van der Waals surface area contributed by atoms with Crippen molar-refractivity contribution in [3.8, 4) is 5.69 Å². The monoisotopic (exact) mass is 434 g/mol. The van der Waals surface area contributed by atoms with Crippen molar-refractivity contribution < 1.29 is 4.74 Å². The first-order chi connectivity index (χ1) is 15.1. The van der Waals surface area contributed by atoms with Gasteiger partial charge in [-0.1, -0.05) is 23.9 Å². The van der Waals surface area contributed by atoms with E-state index >= 15 is 0 Å². The van der Waals surface area contributed by atoms with Gasteiger partial charge in [0, 0.05) is 23.0 Å². The van der Waals surface area contributed by atoms with Crippen molar-refractivity contribution in [1.82, 2.24) is 29.9 Å². The largest absolute Gasteiger partial charge is 0.381 e. The van der Waals surface area contributed by atoms with Gasteiger partial charge in [-0.3, -0.25) is 4.98 Å². The molecule has 31 heavy (non-hydrogen) atoms. The molecule has 5 rings (SSSR count). The van der Waals surface area contributed by atoms with Crippen molar-refractivity contribution >= 4 is 11.8 Å². The third kappa shape index (κ3) is 3.82. The molecule has 1 fully saturated rings. The SMILES string of the molecule is Cc1nn(-c2ccc(Sc3cccc(C4(c5nnc[nH]5)CCOCC4)c3)cc2)c(=O)[nH]1. The normalized spacial score (nSPS) is 15.8. The number of aryl methyl sites for hydroxylation is 1. The van der Waals surface area contributed by atoms with Gasteiger partial charge in [-0.15, -0.1) is 10.2 Å². The van der Waals surface area contributed by atoms with Crippen LogP contribution < -0.4 is 5.69 Å². The smallest absolute Gasteiger partial charge is 0.348 e. The Labute approximate surface area is 183 Å². The lowest BCUT2D eigenvalue weighted by Gasteiger charge is -2.35. The van der Waals surface area contributed by atoms with Gasteiger partial charge in [0.25, 0.3) is 0 Å². The van der Waals surface area contributed by atoms with E-state index in [2.05, 4.69) is 49.5 Å². The molecular weight excluding hydrogens is 412 g/mol. The summed E-state index contributed by atoms with van der Waals surface area (Å²) in [6.45, 7) is 3.16. The number of nitrogens with zero attached hydrogens (tertiary/aromatic N) is 4. The Hall–Kier alpha value is -3.17. The van der Waals surface area contributed by atoms with E-state index in [1.165, 1.54) is 10.2 Å². The minimum absolute atomic E-state index is 0.214. The van der Waals surface area contributed by atoms with E-state index in [4.69, 9.17) is 4.74 Å². The summed E-state index contributed by atoms with van der Waals surface area (Å²) in [4.78, 5) is 20.1. The van der Waals surface area contributed by atoms with E-state index in [1.807, 2.05) is 24.3 Å². The Morgan fingerprint density at radius 3 is 2.58 bits per heavy atom. The summed E-state index contributed by atoms with van der Waals surface area (Å²) in [5.74, 6) is 1.48. The molecule has 0 amide bonds. The summed E-state index contributed by atoms with van der Waals surface area (Å²) in [5.41, 5.74) is 1.50. The lowest BCUT2D eigenvalue weighted by molar-refractivity contribution is 0.0605. The molecule has 2 N–H and O–H groups in total. The molecule has 0 saturated carbocycles. The van der Waals surface area contributed by atoms with Gasteiger partial charge in [0.15, 0.2) is 0 Å². The third-order valence-electron chi connectivity index (χ3n) is 5.65. The molecule has 9 heteroatoms. The van der Waals surface area contributed by atoms with E-state index in [0.717, 1.165) is 34.1 Å². The number of aromatic amines is 2. The highest BCUT2D eigenvalue weighted by atomic mass is 32.2. The summed E-state index contributed by atoms with van der Waals surface area (Å²) < 4.78 is 7.00. The van der Waals surface area contributed by atoms with Crippen LogP contribution in [0.2, 0.25) is 0 Å². The fourth-order valence-corrected chi connectivity index (χ4v) is 4.95. The quantitative estimate of drug-likeness (QED) is 0.500. The average Bonchev–Trinajstić information content (AvgIpc) is 3.45. The number of hydrogen-bond donors (Lipinski definition) is 2. The van der Waals surface area contributed by atoms with Gasteiger partial charge in [0.1, 0.15) is 18.0 Å². The molecule has 0 unspecified atom stereocenters. The second-order valence-corrected chi connectivity index (χ2v) is 8.73. The maximum Gasteiger partial charge on any atom is 0.348 e. The van der Waals surface area contributed by atoms with Crippen molar-refractivity contribution in [2.24, 2.45) is 0 Å². The van der Waals surface area contributed by atoms with Crippen LogP contribution in [0.4, 0.5) is 0 Å². The molecule has 4 aromatic rings. The van der Waals surface area contributed by atoms with Gasteiger partial charge in [0.2, 0.25) is 0 Å². The number of nitrogens with one attached hydrogen (secondary N) is 2. The maximum absolute atomic E-state index is 12.0. The first-order valence-electron chi connectivity index (χ1n) is 10.1. The molecule has 2 aromatic carbocycles. The van der Waals surface area contributed by atoms with Crippen molar-refractivity contribution in [2.75, 3.05) is 13.2 Å². The molecule has 158 valence electrons. The van der Waals surface area contributed by atoms with Crippen LogP contribution in [-0.4, -0.2) is 43.2 Å². The number of hydrogen-bond acceptors (Lipinski definition) is 6. The Bertz CT molecular complexity index is 1220. The van der Waals surface area contributed by atoms with E-state index in [0.29, 0.717) is 19.0 Å². The maximum atomic E-state index is 12.0. The summed E-state index contributed by atoms with van der Waals surface area (Å²) in [7, 11) is 0. The number of ether oxygens (including phenoxy) is 1. The predicted octanol–water partition coefficient (Wildman–Crippen LogP) is 3.23. The van der Waals surface area contributed by atoms with Gasteiger partial charge in [0.05, 0.1) is 11.1 Å². The van der Waals surface area contributed by atoms with E-state index in [9.17, 15) is 4.79 Å². The number of H-pyrrole nitrogens is 2. The fraction of sp³-hybridized carbons (Fsp3) is 0.273. The second kappa shape index (κ2) is 8.16. The van der Waals surface area contributed by atoms with Gasteiger partial charge in [-0.25, -0.2) is 4.79 Å². The van der Waals surface area contributed by atoms with E-state index < -0.39 is 0 Å². The van der Waals surface area contributed by atoms with Crippen LogP contribution in [-0.2, 0) is 10.2 Å². The molecule has 0 aliphatic carbocycles. The third-order valence-corrected chi connectivity index (χ3v) is 6.65. The zero-order valence-electron chi connectivity index (χ0n) is 17.0. The van der Waals surface area contributed by atoms with Gasteiger partial charge >= 0.3 is 5.69 Å². The predicted molar refractivity (Wildman–Crippen MR) is 117 cm³/mol. The highest BCUT2D eigenvalue weighted by molar-refractivity contribution is 7.99. The molecule has 1 saturated heterocycles. The zero-order valence-corrected chi connectivity index (χ0v) is 17.9. The molecule has 0 bridgehead atoms. The topological polar surface area (TPSA) is 101 Å².